The van der Waals surface area contributed by atoms with E-state index in [-0.39, 0.29) is 36.2 Å². The molecule has 0 atom stereocenters. The zero-order valence-corrected chi connectivity index (χ0v) is 18.3. The van der Waals surface area contributed by atoms with Gasteiger partial charge in [-0.15, -0.1) is 0 Å². The molecule has 6 nitrogen and oxygen atoms in total. The first kappa shape index (κ1) is 21.4. The first-order valence-corrected chi connectivity index (χ1v) is 10.9. The lowest BCUT2D eigenvalue weighted by molar-refractivity contribution is -0.145. The molecule has 2 fully saturated rings. The minimum atomic E-state index is -0.376. The second-order valence-electron chi connectivity index (χ2n) is 9.00. The van der Waals surface area contributed by atoms with Gasteiger partial charge in [-0.2, -0.15) is 0 Å². The van der Waals surface area contributed by atoms with Crippen LogP contribution in [-0.4, -0.2) is 54.5 Å². The summed E-state index contributed by atoms with van der Waals surface area (Å²) in [6.45, 7) is 0.755. The predicted molar refractivity (Wildman–Crippen MR) is 119 cm³/mol. The van der Waals surface area contributed by atoms with Crippen LogP contribution in [0.15, 0.2) is 60.7 Å². The molecule has 0 aromatic heterocycles. The van der Waals surface area contributed by atoms with Crippen molar-refractivity contribution in [2.24, 2.45) is 0 Å². The number of carbonyl (C=O) groups is 2. The Labute approximate surface area is 184 Å². The molecule has 0 bridgehead atoms. The van der Waals surface area contributed by atoms with Crippen molar-refractivity contribution in [3.05, 3.63) is 71.8 Å². The summed E-state index contributed by atoms with van der Waals surface area (Å²) in [4.78, 5) is 28.8. The van der Waals surface area contributed by atoms with Crippen LogP contribution in [0.25, 0.3) is 0 Å². The molecule has 2 aliphatic rings. The molecule has 2 aromatic rings. The summed E-state index contributed by atoms with van der Waals surface area (Å²) >= 11 is 0. The standard InChI is InChI=1S/C25H31N3O3/c1-27(2)25(21-11-7-4-8-12-21)15-13-24(14-16-25)19-28(23(30)26-24)17-22(29)31-18-20-9-5-3-6-10-20/h3-12H,13-19H2,1-2H3,(H,26,30). The molecule has 164 valence electrons. The van der Waals surface area contributed by atoms with Crippen LogP contribution in [0, 0.1) is 0 Å². The number of benzene rings is 2. The molecule has 31 heavy (non-hydrogen) atoms. The molecule has 1 aliphatic heterocycles. The third-order valence-corrected chi connectivity index (χ3v) is 6.92. The fraction of sp³-hybridized carbons (Fsp3) is 0.440. The van der Waals surface area contributed by atoms with E-state index in [1.807, 2.05) is 36.4 Å². The molecule has 1 N–H and O–H groups in total. The molecule has 1 saturated carbocycles. The lowest BCUT2D eigenvalue weighted by Gasteiger charge is -2.48. The third kappa shape index (κ3) is 4.44. The first-order chi connectivity index (χ1) is 14.9. The van der Waals surface area contributed by atoms with Gasteiger partial charge in [0.2, 0.25) is 0 Å². The fourth-order valence-corrected chi connectivity index (χ4v) is 5.02. The van der Waals surface area contributed by atoms with E-state index in [2.05, 4.69) is 48.6 Å². The zero-order valence-electron chi connectivity index (χ0n) is 18.3. The van der Waals surface area contributed by atoms with Crippen LogP contribution in [-0.2, 0) is 21.7 Å². The summed E-state index contributed by atoms with van der Waals surface area (Å²) in [5.74, 6) is -0.376. The fourth-order valence-electron chi connectivity index (χ4n) is 5.02. The van der Waals surface area contributed by atoms with Gasteiger partial charge >= 0.3 is 12.0 Å². The number of nitrogens with one attached hydrogen (secondary N) is 1. The van der Waals surface area contributed by atoms with Crippen LogP contribution in [0.4, 0.5) is 4.79 Å². The quantitative estimate of drug-likeness (QED) is 0.725. The Hall–Kier alpha value is -2.86. The smallest absolute Gasteiger partial charge is 0.326 e. The van der Waals surface area contributed by atoms with Gasteiger partial charge in [-0.05, 0) is 50.9 Å². The van der Waals surface area contributed by atoms with Crippen molar-refractivity contribution in [1.82, 2.24) is 15.1 Å². The van der Waals surface area contributed by atoms with Gasteiger partial charge in [0.05, 0.1) is 5.54 Å². The number of urea groups is 1. The number of rotatable bonds is 6. The molecule has 1 saturated heterocycles. The van der Waals surface area contributed by atoms with Crippen LogP contribution in [0.5, 0.6) is 0 Å². The normalized spacial score (nSPS) is 25.6. The van der Waals surface area contributed by atoms with Crippen molar-refractivity contribution in [3.8, 4) is 0 Å². The van der Waals surface area contributed by atoms with Gasteiger partial charge in [0.1, 0.15) is 13.2 Å². The van der Waals surface area contributed by atoms with Gasteiger partial charge in [0, 0.05) is 12.1 Å². The summed E-state index contributed by atoms with van der Waals surface area (Å²) < 4.78 is 5.37. The topological polar surface area (TPSA) is 61.9 Å². The summed E-state index contributed by atoms with van der Waals surface area (Å²) in [5, 5.41) is 3.19. The number of nitrogens with zero attached hydrogens (tertiary/aromatic N) is 2. The van der Waals surface area contributed by atoms with Crippen molar-refractivity contribution < 1.29 is 14.3 Å². The maximum absolute atomic E-state index is 12.6. The predicted octanol–water partition coefficient (Wildman–Crippen LogP) is 3.52. The molecular formula is C25H31N3O3. The van der Waals surface area contributed by atoms with E-state index in [4.69, 9.17) is 4.74 Å². The summed E-state index contributed by atoms with van der Waals surface area (Å²) in [5.41, 5.74) is 1.96. The molecule has 4 rings (SSSR count). The van der Waals surface area contributed by atoms with E-state index in [9.17, 15) is 9.59 Å². The van der Waals surface area contributed by atoms with Crippen LogP contribution >= 0.6 is 0 Å². The van der Waals surface area contributed by atoms with Crippen molar-refractivity contribution in [2.75, 3.05) is 27.2 Å². The summed E-state index contributed by atoms with van der Waals surface area (Å²) in [6.07, 6.45) is 3.66. The van der Waals surface area contributed by atoms with Crippen molar-refractivity contribution in [3.63, 3.8) is 0 Å². The second kappa shape index (κ2) is 8.71. The first-order valence-electron chi connectivity index (χ1n) is 10.9. The average molecular weight is 422 g/mol. The van der Waals surface area contributed by atoms with Crippen LogP contribution < -0.4 is 5.32 Å². The maximum atomic E-state index is 12.6. The van der Waals surface area contributed by atoms with E-state index >= 15 is 0 Å². The average Bonchev–Trinajstić information content (AvgIpc) is 3.08. The second-order valence-corrected chi connectivity index (χ2v) is 9.00. The third-order valence-electron chi connectivity index (χ3n) is 6.92. The van der Waals surface area contributed by atoms with Gasteiger partial charge in [0.15, 0.2) is 0 Å². The molecule has 0 radical (unpaired) electrons. The molecular weight excluding hydrogens is 390 g/mol. The highest BCUT2D eigenvalue weighted by molar-refractivity contribution is 5.83. The molecule has 1 spiro atoms. The van der Waals surface area contributed by atoms with E-state index < -0.39 is 0 Å². The lowest BCUT2D eigenvalue weighted by Crippen LogP contribution is -2.54. The van der Waals surface area contributed by atoms with Crippen LogP contribution in [0.1, 0.15) is 36.8 Å². The lowest BCUT2D eigenvalue weighted by atomic mass is 9.69. The summed E-state index contributed by atoms with van der Waals surface area (Å²) in [6, 6.07) is 20.0. The van der Waals surface area contributed by atoms with Crippen molar-refractivity contribution in [1.29, 1.82) is 0 Å². The highest BCUT2D eigenvalue weighted by Gasteiger charge is 2.50. The number of hydrogen-bond donors (Lipinski definition) is 1. The Kier molecular flexibility index (Phi) is 6.01. The number of esters is 1. The van der Waals surface area contributed by atoms with Crippen molar-refractivity contribution >= 4 is 12.0 Å². The molecule has 2 aromatic carbocycles. The van der Waals surface area contributed by atoms with Gasteiger partial charge in [-0.3, -0.25) is 9.69 Å². The number of ether oxygens (including phenoxy) is 1. The zero-order chi connectivity index (χ0) is 21.9. The largest absolute Gasteiger partial charge is 0.459 e. The van der Waals surface area contributed by atoms with Crippen LogP contribution in [0.3, 0.4) is 0 Å². The Balaban J connectivity index is 1.36. The van der Waals surface area contributed by atoms with Gasteiger partial charge in [-0.25, -0.2) is 4.79 Å². The maximum Gasteiger partial charge on any atom is 0.326 e. The highest BCUT2D eigenvalue weighted by Crippen LogP contribution is 2.45. The monoisotopic (exact) mass is 421 g/mol. The molecule has 6 heteroatoms. The Morgan fingerprint density at radius 1 is 1.00 bits per heavy atom. The Morgan fingerprint density at radius 2 is 1.61 bits per heavy atom. The SMILES string of the molecule is CN(C)C1(c2ccccc2)CCC2(CC1)CN(CC(=O)OCc1ccccc1)C(=O)N2. The number of carbonyl (C=O) groups excluding carboxylic acids is 2. The number of amides is 2. The van der Waals surface area contributed by atoms with Crippen LogP contribution in [0.2, 0.25) is 0 Å². The highest BCUT2D eigenvalue weighted by atomic mass is 16.5. The van der Waals surface area contributed by atoms with Gasteiger partial charge in [0.25, 0.3) is 0 Å². The van der Waals surface area contributed by atoms with Crippen molar-refractivity contribution in [2.45, 2.75) is 43.4 Å². The molecule has 2 amide bonds. The molecule has 1 heterocycles. The minimum absolute atomic E-state index is 0.0159. The van der Waals surface area contributed by atoms with Gasteiger partial charge < -0.3 is 15.0 Å². The van der Waals surface area contributed by atoms with E-state index in [1.165, 1.54) is 5.56 Å². The van der Waals surface area contributed by atoms with Gasteiger partial charge in [-0.1, -0.05) is 60.7 Å². The Morgan fingerprint density at radius 3 is 2.23 bits per heavy atom. The van der Waals surface area contributed by atoms with E-state index in [1.54, 1.807) is 4.90 Å². The minimum Gasteiger partial charge on any atom is -0.459 e. The molecule has 0 unspecified atom stereocenters. The van der Waals surface area contributed by atoms with E-state index in [0.717, 1.165) is 31.2 Å². The summed E-state index contributed by atoms with van der Waals surface area (Å²) in [7, 11) is 4.26. The molecule has 1 aliphatic carbocycles. The number of hydrogen-bond acceptors (Lipinski definition) is 4. The Bertz CT molecular complexity index is 906. The van der Waals surface area contributed by atoms with E-state index in [0.29, 0.717) is 6.54 Å².